The maximum Gasteiger partial charge on any atom is 0.160 e. The van der Waals surface area contributed by atoms with E-state index >= 15 is 0 Å². The lowest BCUT2D eigenvalue weighted by atomic mass is 10.0. The molecule has 0 aliphatic heterocycles. The minimum atomic E-state index is 0.000000000000000222. The molecule has 0 aromatic heterocycles. The zero-order chi connectivity index (χ0) is 17.3. The normalized spacial score (nSPS) is 13.2. The smallest absolute Gasteiger partial charge is 0.160 e. The summed E-state index contributed by atoms with van der Waals surface area (Å²) < 4.78 is 0. The number of carbonyl (C=O) groups is 1. The highest BCUT2D eigenvalue weighted by Gasteiger charge is 2.04. The summed E-state index contributed by atoms with van der Waals surface area (Å²) in [5, 5.41) is 0.000000000000000666. The van der Waals surface area contributed by atoms with Gasteiger partial charge in [-0.15, -0.1) is 0 Å². The first-order chi connectivity index (χ1) is 9.59. The summed E-state index contributed by atoms with van der Waals surface area (Å²) in [6.45, 7) is 0. The summed E-state index contributed by atoms with van der Waals surface area (Å²) in [6, 6.07) is 0. The van der Waals surface area contributed by atoms with E-state index in [2.05, 4.69) is 71.1 Å². The van der Waals surface area contributed by atoms with Crippen LogP contribution in [-0.4, -0.2) is 21.1 Å². The fourth-order valence-electron chi connectivity index (χ4n) is 1.30. The van der Waals surface area contributed by atoms with Crippen LogP contribution in [0.1, 0.15) is 44.9 Å². The standard InChI is InChI=1S/C8H14O.3CH4N2S/c9-8-6-4-2-1-3-5-7-8;3*2-1(3)4/h1-7H2;3*(H4,2,3,4). The highest BCUT2D eigenvalue weighted by molar-refractivity contribution is 7.80. The SMILES string of the molecule is NC(N)=S.NC(N)=S.NC(N)=S.O=C1CCCCCCC1. The number of nitrogens with two attached hydrogens (primary N) is 6. The van der Waals surface area contributed by atoms with Gasteiger partial charge in [0, 0.05) is 12.8 Å². The van der Waals surface area contributed by atoms with Gasteiger partial charge in [-0.05, 0) is 49.5 Å². The second-order valence-electron chi connectivity index (χ2n) is 4.01. The van der Waals surface area contributed by atoms with Crippen molar-refractivity contribution in [1.29, 1.82) is 0 Å². The number of Topliss-reactive ketones (excluding diaryl/α,β-unsaturated/α-hetero) is 1. The Kier molecular flexibility index (Phi) is 22.1. The molecule has 0 aromatic rings. The number of ketones is 1. The molecule has 1 aliphatic carbocycles. The lowest BCUT2D eigenvalue weighted by molar-refractivity contribution is -0.119. The van der Waals surface area contributed by atoms with Crippen LogP contribution >= 0.6 is 36.7 Å². The number of hydrogen-bond acceptors (Lipinski definition) is 4. The molecule has 1 rings (SSSR count). The maximum atomic E-state index is 10.8. The van der Waals surface area contributed by atoms with Crippen molar-refractivity contribution in [3.05, 3.63) is 0 Å². The van der Waals surface area contributed by atoms with Crippen molar-refractivity contribution in [2.45, 2.75) is 44.9 Å². The Morgan fingerprint density at radius 1 is 0.619 bits per heavy atom. The predicted octanol–water partition coefficient (Wildman–Crippen LogP) is -0.134. The van der Waals surface area contributed by atoms with Crippen LogP contribution in [0.5, 0.6) is 0 Å². The molecule has 7 nitrogen and oxygen atoms in total. The van der Waals surface area contributed by atoms with Gasteiger partial charge in [0.2, 0.25) is 0 Å². The highest BCUT2D eigenvalue weighted by atomic mass is 32.1. The first kappa shape index (κ1) is 24.7. The minimum Gasteiger partial charge on any atom is -0.377 e. The van der Waals surface area contributed by atoms with Gasteiger partial charge in [0.1, 0.15) is 5.78 Å². The molecule has 124 valence electrons. The second-order valence-corrected chi connectivity index (χ2v) is 5.43. The van der Waals surface area contributed by atoms with Gasteiger partial charge in [-0.2, -0.15) is 0 Å². The molecule has 0 radical (unpaired) electrons. The monoisotopic (exact) mass is 354 g/mol. The molecule has 10 heteroatoms. The number of rotatable bonds is 0. The highest BCUT2D eigenvalue weighted by Crippen LogP contribution is 2.13. The fourth-order valence-corrected chi connectivity index (χ4v) is 1.30. The molecule has 0 bridgehead atoms. The molecule has 21 heavy (non-hydrogen) atoms. The average molecular weight is 355 g/mol. The van der Waals surface area contributed by atoms with E-state index in [-0.39, 0.29) is 15.3 Å². The molecule has 0 heterocycles. The predicted molar refractivity (Wildman–Crippen MR) is 100 cm³/mol. The van der Waals surface area contributed by atoms with E-state index in [4.69, 9.17) is 0 Å². The van der Waals surface area contributed by atoms with Crippen molar-refractivity contribution in [3.8, 4) is 0 Å². The Morgan fingerprint density at radius 3 is 1.05 bits per heavy atom. The molecule has 0 saturated heterocycles. The Labute approximate surface area is 142 Å². The van der Waals surface area contributed by atoms with E-state index in [1.807, 2.05) is 0 Å². The average Bonchev–Trinajstić information content (AvgIpc) is 2.21. The summed E-state index contributed by atoms with van der Waals surface area (Å²) in [6.07, 6.45) is 7.85. The zero-order valence-corrected chi connectivity index (χ0v) is 14.5. The summed E-state index contributed by atoms with van der Waals surface area (Å²) in [4.78, 5) is 10.8. The van der Waals surface area contributed by atoms with Crippen molar-refractivity contribution in [2.24, 2.45) is 34.4 Å². The summed E-state index contributed by atoms with van der Waals surface area (Å²) in [5.74, 6) is 0.481. The number of carbonyl (C=O) groups excluding carboxylic acids is 1. The lowest BCUT2D eigenvalue weighted by Gasteiger charge is -2.05. The third kappa shape index (κ3) is 68.7. The topological polar surface area (TPSA) is 173 Å². The second kappa shape index (κ2) is 18.7. The molecule has 0 spiro atoms. The first-order valence-electron chi connectivity index (χ1n) is 6.26. The van der Waals surface area contributed by atoms with Crippen LogP contribution < -0.4 is 34.4 Å². The Balaban J connectivity index is -0.000000230. The number of thiocarbonyl (C=S) groups is 3. The van der Waals surface area contributed by atoms with Crippen LogP contribution in [-0.2, 0) is 4.79 Å². The van der Waals surface area contributed by atoms with Crippen LogP contribution in [0.2, 0.25) is 0 Å². The van der Waals surface area contributed by atoms with E-state index in [1.165, 1.54) is 19.3 Å². The lowest BCUT2D eigenvalue weighted by Crippen LogP contribution is -2.18. The van der Waals surface area contributed by atoms with Crippen molar-refractivity contribution in [1.82, 2.24) is 0 Å². The van der Waals surface area contributed by atoms with Gasteiger partial charge in [0.15, 0.2) is 15.3 Å². The largest absolute Gasteiger partial charge is 0.377 e. The van der Waals surface area contributed by atoms with Gasteiger partial charge < -0.3 is 34.4 Å². The van der Waals surface area contributed by atoms with Crippen LogP contribution in [0, 0.1) is 0 Å². The van der Waals surface area contributed by atoms with Gasteiger partial charge in [0.25, 0.3) is 0 Å². The van der Waals surface area contributed by atoms with Crippen LogP contribution in [0.4, 0.5) is 0 Å². The Morgan fingerprint density at radius 2 is 0.810 bits per heavy atom. The Hall–Kier alpha value is -1.26. The van der Waals surface area contributed by atoms with E-state index in [9.17, 15) is 4.79 Å². The van der Waals surface area contributed by atoms with E-state index in [0.29, 0.717) is 5.78 Å². The Bertz CT molecular complexity index is 275. The quantitative estimate of drug-likeness (QED) is 0.321. The number of hydrogen-bond donors (Lipinski definition) is 6. The molecule has 0 atom stereocenters. The van der Waals surface area contributed by atoms with Crippen LogP contribution in [0.15, 0.2) is 0 Å². The molecule has 1 saturated carbocycles. The summed E-state index contributed by atoms with van der Waals surface area (Å²) >= 11 is 12.3. The molecular formula is C11H26N6OS3. The molecular weight excluding hydrogens is 328 g/mol. The van der Waals surface area contributed by atoms with Crippen molar-refractivity contribution >= 4 is 57.8 Å². The first-order valence-corrected chi connectivity index (χ1v) is 7.48. The molecule has 1 aliphatic rings. The molecule has 0 unspecified atom stereocenters. The molecule has 12 N–H and O–H groups in total. The van der Waals surface area contributed by atoms with E-state index < -0.39 is 0 Å². The fraction of sp³-hybridized carbons (Fsp3) is 0.636. The van der Waals surface area contributed by atoms with Crippen molar-refractivity contribution in [2.75, 3.05) is 0 Å². The molecule has 0 amide bonds. The van der Waals surface area contributed by atoms with E-state index in [0.717, 1.165) is 25.7 Å². The van der Waals surface area contributed by atoms with Gasteiger partial charge in [-0.3, -0.25) is 4.79 Å². The molecule has 1 fully saturated rings. The van der Waals surface area contributed by atoms with Crippen LogP contribution in [0.3, 0.4) is 0 Å². The zero-order valence-electron chi connectivity index (χ0n) is 12.0. The summed E-state index contributed by atoms with van der Waals surface area (Å²) in [7, 11) is 0. The molecule has 0 aromatic carbocycles. The third-order valence-electron chi connectivity index (χ3n) is 1.91. The van der Waals surface area contributed by atoms with Crippen LogP contribution in [0.25, 0.3) is 0 Å². The van der Waals surface area contributed by atoms with Gasteiger partial charge >= 0.3 is 0 Å². The van der Waals surface area contributed by atoms with Gasteiger partial charge in [-0.1, -0.05) is 19.3 Å². The van der Waals surface area contributed by atoms with Crippen molar-refractivity contribution in [3.63, 3.8) is 0 Å². The van der Waals surface area contributed by atoms with E-state index in [1.54, 1.807) is 0 Å². The van der Waals surface area contributed by atoms with Gasteiger partial charge in [0.05, 0.1) is 0 Å². The van der Waals surface area contributed by atoms with Crippen molar-refractivity contribution < 1.29 is 4.79 Å². The van der Waals surface area contributed by atoms with Gasteiger partial charge in [-0.25, -0.2) is 0 Å². The minimum absolute atomic E-state index is 0.000000000000000222. The maximum absolute atomic E-state index is 10.8. The third-order valence-corrected chi connectivity index (χ3v) is 1.91. The summed E-state index contributed by atoms with van der Waals surface area (Å²) in [5.41, 5.74) is 27.7.